The van der Waals surface area contributed by atoms with Crippen LogP contribution in [0.2, 0.25) is 0 Å². The molecule has 2 rings (SSSR count). The molecule has 26 heavy (non-hydrogen) atoms. The Labute approximate surface area is 146 Å². The maximum Gasteiger partial charge on any atom is 0.416 e. The van der Waals surface area contributed by atoms with Crippen molar-refractivity contribution < 1.29 is 37.1 Å². The van der Waals surface area contributed by atoms with Crippen LogP contribution < -0.4 is 5.32 Å². The summed E-state index contributed by atoms with van der Waals surface area (Å²) in [6, 6.07) is 2.90. The number of carbonyl (C=O) groups excluding carboxylic acids is 4. The maximum absolute atomic E-state index is 12.6. The number of urea groups is 1. The number of halogens is 3. The molecule has 140 valence electrons. The van der Waals surface area contributed by atoms with Crippen LogP contribution in [0.3, 0.4) is 0 Å². The molecule has 1 N–H and O–H groups in total. The van der Waals surface area contributed by atoms with Gasteiger partial charge in [0.05, 0.1) is 5.56 Å². The van der Waals surface area contributed by atoms with E-state index in [1.807, 2.05) is 0 Å². The smallest absolute Gasteiger partial charge is 0.416 e. The second-order valence-electron chi connectivity index (χ2n) is 6.11. The van der Waals surface area contributed by atoms with Gasteiger partial charge in [0.1, 0.15) is 12.1 Å². The highest BCUT2D eigenvalue weighted by atomic mass is 19.4. The zero-order valence-electron chi connectivity index (χ0n) is 13.8. The van der Waals surface area contributed by atoms with Gasteiger partial charge >= 0.3 is 18.2 Å². The van der Waals surface area contributed by atoms with Crippen LogP contribution >= 0.6 is 0 Å². The van der Waals surface area contributed by atoms with Crippen molar-refractivity contribution in [3.8, 4) is 0 Å². The van der Waals surface area contributed by atoms with E-state index in [1.54, 1.807) is 0 Å². The highest BCUT2D eigenvalue weighted by Crippen LogP contribution is 2.29. The van der Waals surface area contributed by atoms with E-state index >= 15 is 0 Å². The third-order valence-electron chi connectivity index (χ3n) is 3.61. The average molecular weight is 372 g/mol. The van der Waals surface area contributed by atoms with E-state index in [4.69, 9.17) is 0 Å². The van der Waals surface area contributed by atoms with Crippen molar-refractivity contribution in [1.82, 2.24) is 10.2 Å². The number of Topliss-reactive ketones (excluding diaryl/α,β-unsaturated/α-hetero) is 1. The predicted octanol–water partition coefficient (Wildman–Crippen LogP) is 1.76. The molecule has 1 aliphatic heterocycles. The first-order chi connectivity index (χ1) is 11.9. The summed E-state index contributed by atoms with van der Waals surface area (Å²) in [5, 5.41) is 2.37. The van der Waals surface area contributed by atoms with Crippen molar-refractivity contribution in [3.63, 3.8) is 0 Å². The molecule has 0 unspecified atom stereocenters. The Morgan fingerprint density at radius 1 is 1.23 bits per heavy atom. The first kappa shape index (κ1) is 19.4. The molecule has 1 heterocycles. The Morgan fingerprint density at radius 3 is 2.42 bits per heavy atom. The molecule has 1 aromatic rings. The molecule has 0 atom stereocenters. The van der Waals surface area contributed by atoms with Gasteiger partial charge in [-0.05, 0) is 26.0 Å². The van der Waals surface area contributed by atoms with Gasteiger partial charge in [-0.3, -0.25) is 19.3 Å². The van der Waals surface area contributed by atoms with Gasteiger partial charge in [-0.2, -0.15) is 13.2 Å². The quantitative estimate of drug-likeness (QED) is 0.483. The lowest BCUT2D eigenvalue weighted by Crippen LogP contribution is -2.41. The summed E-state index contributed by atoms with van der Waals surface area (Å²) in [6.07, 6.45) is -4.61. The average Bonchev–Trinajstić information content (AvgIpc) is 2.73. The van der Waals surface area contributed by atoms with E-state index in [0.29, 0.717) is 11.0 Å². The Balaban J connectivity index is 1.95. The lowest BCUT2D eigenvalue weighted by Gasteiger charge is -2.15. The molecule has 7 nitrogen and oxygen atoms in total. The second kappa shape index (κ2) is 6.77. The van der Waals surface area contributed by atoms with Gasteiger partial charge in [-0.25, -0.2) is 4.79 Å². The van der Waals surface area contributed by atoms with E-state index in [2.05, 4.69) is 10.1 Å². The summed E-state index contributed by atoms with van der Waals surface area (Å²) < 4.78 is 42.6. The number of nitrogens with zero attached hydrogens (tertiary/aromatic N) is 1. The number of rotatable bonds is 5. The van der Waals surface area contributed by atoms with Crippen LogP contribution in [-0.2, 0) is 20.5 Å². The zero-order valence-corrected chi connectivity index (χ0v) is 13.8. The lowest BCUT2D eigenvalue weighted by molar-refractivity contribution is -0.146. The Bertz CT molecular complexity index is 773. The molecule has 0 bridgehead atoms. The predicted molar refractivity (Wildman–Crippen MR) is 81.1 cm³/mol. The normalized spacial score (nSPS) is 16.4. The second-order valence-corrected chi connectivity index (χ2v) is 6.11. The van der Waals surface area contributed by atoms with Gasteiger partial charge in [-0.15, -0.1) is 0 Å². The molecule has 0 aliphatic carbocycles. The first-order valence-electron chi connectivity index (χ1n) is 7.42. The van der Waals surface area contributed by atoms with Crippen LogP contribution in [0.1, 0.15) is 29.8 Å². The number of amides is 3. The molecule has 10 heteroatoms. The highest BCUT2D eigenvalue weighted by molar-refractivity contribution is 6.08. The van der Waals surface area contributed by atoms with E-state index in [0.717, 1.165) is 18.2 Å². The largest absolute Gasteiger partial charge is 0.456 e. The molecule has 1 aliphatic rings. The topological polar surface area (TPSA) is 92.8 Å². The Morgan fingerprint density at radius 2 is 1.88 bits per heavy atom. The fourth-order valence-electron chi connectivity index (χ4n) is 2.23. The molecular weight excluding hydrogens is 357 g/mol. The lowest BCUT2D eigenvalue weighted by atomic mass is 10.1. The van der Waals surface area contributed by atoms with Gasteiger partial charge in [0.25, 0.3) is 5.91 Å². The third kappa shape index (κ3) is 4.19. The Hall–Kier alpha value is -2.91. The molecule has 1 saturated heterocycles. The SMILES string of the molecule is CC1(C)NC(=O)N(CC(=O)OCC(=O)c2cccc(C(F)(F)F)c2)C1=O. The Kier molecular flexibility index (Phi) is 5.06. The number of nitrogens with one attached hydrogen (secondary N) is 1. The van der Waals surface area contributed by atoms with Crippen LogP contribution in [0.4, 0.5) is 18.0 Å². The van der Waals surface area contributed by atoms with Crippen LogP contribution in [0, 0.1) is 0 Å². The standard InChI is InChI=1S/C16H15F3N2O5/c1-15(2)13(24)21(14(25)20-15)7-12(23)26-8-11(22)9-4-3-5-10(6-9)16(17,18)19/h3-6H,7-8H2,1-2H3,(H,20,25). The van der Waals surface area contributed by atoms with Gasteiger partial charge in [0, 0.05) is 5.56 Å². The van der Waals surface area contributed by atoms with E-state index in [-0.39, 0.29) is 5.56 Å². The van der Waals surface area contributed by atoms with Crippen molar-refractivity contribution in [2.45, 2.75) is 25.6 Å². The highest BCUT2D eigenvalue weighted by Gasteiger charge is 2.45. The summed E-state index contributed by atoms with van der Waals surface area (Å²) in [4.78, 5) is 47.8. The van der Waals surface area contributed by atoms with Crippen molar-refractivity contribution >= 4 is 23.7 Å². The third-order valence-corrected chi connectivity index (χ3v) is 3.61. The monoisotopic (exact) mass is 372 g/mol. The minimum atomic E-state index is -4.61. The summed E-state index contributed by atoms with van der Waals surface area (Å²) in [5.41, 5.74) is -2.44. The van der Waals surface area contributed by atoms with E-state index in [9.17, 15) is 32.3 Å². The molecule has 0 radical (unpaired) electrons. The van der Waals surface area contributed by atoms with E-state index in [1.165, 1.54) is 13.8 Å². The summed E-state index contributed by atoms with van der Waals surface area (Å²) in [5.74, 6) is -2.52. The number of hydrogen-bond acceptors (Lipinski definition) is 5. The summed E-state index contributed by atoms with van der Waals surface area (Å²) >= 11 is 0. The van der Waals surface area contributed by atoms with Crippen LogP contribution in [0.25, 0.3) is 0 Å². The number of ether oxygens (including phenoxy) is 1. The van der Waals surface area contributed by atoms with Crippen LogP contribution in [0.15, 0.2) is 24.3 Å². The van der Waals surface area contributed by atoms with Crippen molar-refractivity contribution in [1.29, 1.82) is 0 Å². The molecule has 0 saturated carbocycles. The van der Waals surface area contributed by atoms with Crippen molar-refractivity contribution in [3.05, 3.63) is 35.4 Å². The fourth-order valence-corrected chi connectivity index (χ4v) is 2.23. The maximum atomic E-state index is 12.6. The summed E-state index contributed by atoms with van der Waals surface area (Å²) in [6.45, 7) is 1.39. The molecule has 3 amide bonds. The van der Waals surface area contributed by atoms with Gasteiger partial charge in [-0.1, -0.05) is 12.1 Å². The van der Waals surface area contributed by atoms with Crippen molar-refractivity contribution in [2.24, 2.45) is 0 Å². The summed E-state index contributed by atoms with van der Waals surface area (Å²) in [7, 11) is 0. The zero-order chi connectivity index (χ0) is 19.7. The molecule has 0 aromatic heterocycles. The van der Waals surface area contributed by atoms with Crippen LogP contribution in [0.5, 0.6) is 0 Å². The molecule has 1 fully saturated rings. The number of alkyl halides is 3. The first-order valence-corrected chi connectivity index (χ1v) is 7.42. The molecular formula is C16H15F3N2O5. The number of esters is 1. The van der Waals surface area contributed by atoms with Gasteiger partial charge in [0.2, 0.25) is 0 Å². The number of hydrogen-bond donors (Lipinski definition) is 1. The molecule has 1 aromatic carbocycles. The number of imide groups is 1. The van der Waals surface area contributed by atoms with Crippen LogP contribution in [-0.4, -0.2) is 47.3 Å². The minimum absolute atomic E-state index is 0.274. The van der Waals surface area contributed by atoms with E-state index < -0.39 is 54.1 Å². The van der Waals surface area contributed by atoms with Gasteiger partial charge < -0.3 is 10.1 Å². The minimum Gasteiger partial charge on any atom is -0.456 e. The van der Waals surface area contributed by atoms with Crippen molar-refractivity contribution in [2.75, 3.05) is 13.2 Å². The van der Waals surface area contributed by atoms with Gasteiger partial charge in [0.15, 0.2) is 12.4 Å². The fraction of sp³-hybridized carbons (Fsp3) is 0.375. The molecule has 0 spiro atoms. The number of ketones is 1. The number of carbonyl (C=O) groups is 4. The number of benzene rings is 1.